The van der Waals surface area contributed by atoms with Crippen molar-refractivity contribution >= 4 is 32.9 Å². The van der Waals surface area contributed by atoms with Crippen molar-refractivity contribution in [2.24, 2.45) is 0 Å². The fourth-order valence-corrected chi connectivity index (χ4v) is 2.77. The molecule has 92 valence electrons. The first kappa shape index (κ1) is 11.5. The number of aryl methyl sites for hydroxylation is 2. The summed E-state index contributed by atoms with van der Waals surface area (Å²) < 4.78 is 10.9. The van der Waals surface area contributed by atoms with Gasteiger partial charge in [0.2, 0.25) is 0 Å². The highest BCUT2D eigenvalue weighted by Gasteiger charge is 2.23. The van der Waals surface area contributed by atoms with Gasteiger partial charge < -0.3 is 9.15 Å². The lowest BCUT2D eigenvalue weighted by Gasteiger charge is -2.18. The van der Waals surface area contributed by atoms with Gasteiger partial charge in [-0.15, -0.1) is 0 Å². The summed E-state index contributed by atoms with van der Waals surface area (Å²) in [6, 6.07) is 3.37. The third-order valence-corrected chi connectivity index (χ3v) is 3.75. The Labute approximate surface area is 111 Å². The predicted molar refractivity (Wildman–Crippen MR) is 68.9 cm³/mol. The van der Waals surface area contributed by atoms with Crippen LogP contribution in [0.15, 0.2) is 25.8 Å². The minimum absolute atomic E-state index is 0.266. The van der Waals surface area contributed by atoms with Gasteiger partial charge in [0.15, 0.2) is 11.3 Å². The van der Waals surface area contributed by atoms with E-state index >= 15 is 0 Å². The Kier molecular flexibility index (Phi) is 2.52. The van der Waals surface area contributed by atoms with Crippen LogP contribution in [0.4, 0.5) is 0 Å². The molecule has 0 spiro atoms. The molecule has 2 aromatic rings. The molecule has 1 aliphatic heterocycles. The topological polar surface area (TPSA) is 56.5 Å². The van der Waals surface area contributed by atoms with Crippen molar-refractivity contribution < 1.29 is 13.9 Å². The van der Waals surface area contributed by atoms with Crippen LogP contribution in [0.2, 0.25) is 0 Å². The van der Waals surface area contributed by atoms with Crippen LogP contribution in [0, 0.1) is 6.92 Å². The Morgan fingerprint density at radius 3 is 2.78 bits per heavy atom. The van der Waals surface area contributed by atoms with Crippen LogP contribution >= 0.6 is 15.9 Å². The molecule has 0 amide bonds. The second kappa shape index (κ2) is 3.95. The van der Waals surface area contributed by atoms with Crippen molar-refractivity contribution in [3.63, 3.8) is 0 Å². The van der Waals surface area contributed by atoms with Crippen molar-refractivity contribution in [3.05, 3.63) is 38.2 Å². The lowest BCUT2D eigenvalue weighted by molar-refractivity contribution is -0.135. The van der Waals surface area contributed by atoms with Gasteiger partial charge in [0.25, 0.3) is 0 Å². The Bertz CT molecular complexity index is 730. The summed E-state index contributed by atoms with van der Waals surface area (Å²) in [5.41, 5.74) is 1.81. The number of benzene rings is 1. The van der Waals surface area contributed by atoms with Gasteiger partial charge in [0.1, 0.15) is 4.47 Å². The van der Waals surface area contributed by atoms with Gasteiger partial charge >= 0.3 is 11.6 Å². The maximum atomic E-state index is 11.4. The van der Waals surface area contributed by atoms with Crippen LogP contribution in [0.1, 0.15) is 17.5 Å². The molecular formula is C13H9BrO4. The zero-order valence-corrected chi connectivity index (χ0v) is 11.2. The summed E-state index contributed by atoms with van der Waals surface area (Å²) >= 11 is 3.35. The highest BCUT2D eigenvalue weighted by Crippen LogP contribution is 2.39. The number of esters is 1. The standard InChI is InChI=1S/C13H9BrO4/c1-6-4-10(16)18-13-8(6)5-7-2-3-9(15)17-12(7)11(13)14/h4-5H,2-3H2,1H3. The molecule has 1 aromatic heterocycles. The molecule has 2 heterocycles. The van der Waals surface area contributed by atoms with Crippen molar-refractivity contribution in [2.45, 2.75) is 19.8 Å². The largest absolute Gasteiger partial charge is 0.425 e. The van der Waals surface area contributed by atoms with E-state index in [1.807, 2.05) is 13.0 Å². The Morgan fingerprint density at radius 1 is 1.22 bits per heavy atom. The third-order valence-electron chi connectivity index (χ3n) is 3.03. The molecule has 0 radical (unpaired) electrons. The molecule has 0 fully saturated rings. The van der Waals surface area contributed by atoms with Gasteiger partial charge in [0, 0.05) is 11.5 Å². The van der Waals surface area contributed by atoms with Gasteiger partial charge in [-0.25, -0.2) is 4.79 Å². The smallest absolute Gasteiger partial charge is 0.336 e. The fraction of sp³-hybridized carbons (Fsp3) is 0.231. The van der Waals surface area contributed by atoms with Crippen LogP contribution < -0.4 is 10.4 Å². The van der Waals surface area contributed by atoms with Gasteiger partial charge in [-0.2, -0.15) is 0 Å². The number of hydrogen-bond acceptors (Lipinski definition) is 4. The number of fused-ring (bicyclic) bond motifs is 2. The molecule has 0 bridgehead atoms. The first-order valence-electron chi connectivity index (χ1n) is 5.53. The van der Waals surface area contributed by atoms with Crippen molar-refractivity contribution in [3.8, 4) is 5.75 Å². The summed E-state index contributed by atoms with van der Waals surface area (Å²) in [4.78, 5) is 22.7. The molecule has 1 aromatic carbocycles. The average molecular weight is 309 g/mol. The average Bonchev–Trinajstić information content (AvgIpc) is 2.32. The third kappa shape index (κ3) is 1.66. The number of carbonyl (C=O) groups excluding carboxylic acids is 1. The van der Waals surface area contributed by atoms with Gasteiger partial charge in [-0.05, 0) is 46.5 Å². The molecule has 5 heteroatoms. The lowest BCUT2D eigenvalue weighted by Crippen LogP contribution is -2.16. The fourth-order valence-electron chi connectivity index (χ4n) is 2.14. The molecular weight excluding hydrogens is 300 g/mol. The van der Waals surface area contributed by atoms with E-state index < -0.39 is 5.63 Å². The Balaban J connectivity index is 2.41. The van der Waals surface area contributed by atoms with E-state index in [2.05, 4.69) is 15.9 Å². The second-order valence-electron chi connectivity index (χ2n) is 4.28. The molecule has 0 saturated carbocycles. The molecule has 0 N–H and O–H groups in total. The van der Waals surface area contributed by atoms with E-state index in [9.17, 15) is 9.59 Å². The molecule has 3 rings (SSSR count). The number of carbonyl (C=O) groups is 1. The zero-order valence-electron chi connectivity index (χ0n) is 9.58. The summed E-state index contributed by atoms with van der Waals surface area (Å²) in [6.07, 6.45) is 1.02. The maximum Gasteiger partial charge on any atom is 0.336 e. The van der Waals surface area contributed by atoms with Crippen LogP contribution in [0.25, 0.3) is 11.0 Å². The predicted octanol–water partition coefficient (Wildman–Crippen LogP) is 2.72. The normalized spacial score (nSPS) is 14.4. The first-order chi connectivity index (χ1) is 8.56. The van der Waals surface area contributed by atoms with Gasteiger partial charge in [0.05, 0.1) is 6.42 Å². The monoisotopic (exact) mass is 308 g/mol. The Morgan fingerprint density at radius 2 is 2.00 bits per heavy atom. The number of hydrogen-bond donors (Lipinski definition) is 0. The molecule has 1 aliphatic rings. The van der Waals surface area contributed by atoms with E-state index in [4.69, 9.17) is 9.15 Å². The number of halogens is 1. The van der Waals surface area contributed by atoms with Crippen LogP contribution in [0.5, 0.6) is 5.75 Å². The summed E-state index contributed by atoms with van der Waals surface area (Å²) in [6.45, 7) is 1.85. The quantitative estimate of drug-likeness (QED) is 0.426. The minimum atomic E-state index is -0.414. The van der Waals surface area contributed by atoms with Crippen LogP contribution in [-0.4, -0.2) is 5.97 Å². The second-order valence-corrected chi connectivity index (χ2v) is 5.07. The molecule has 0 aliphatic carbocycles. The van der Waals surface area contributed by atoms with E-state index in [1.54, 1.807) is 0 Å². The maximum absolute atomic E-state index is 11.4. The van der Waals surface area contributed by atoms with Crippen LogP contribution in [-0.2, 0) is 11.2 Å². The van der Waals surface area contributed by atoms with Crippen LogP contribution in [0.3, 0.4) is 0 Å². The van der Waals surface area contributed by atoms with Crippen molar-refractivity contribution in [1.29, 1.82) is 0 Å². The van der Waals surface area contributed by atoms with E-state index in [0.29, 0.717) is 28.6 Å². The first-order valence-corrected chi connectivity index (χ1v) is 6.32. The summed E-state index contributed by atoms with van der Waals surface area (Å²) in [5, 5.41) is 0.859. The summed E-state index contributed by atoms with van der Waals surface area (Å²) in [5.74, 6) is 0.199. The SMILES string of the molecule is Cc1cc(=O)oc2c(Br)c3c(cc12)CCC(=O)O3. The number of ether oxygens (including phenoxy) is 1. The van der Waals surface area contributed by atoms with Gasteiger partial charge in [-0.3, -0.25) is 4.79 Å². The highest BCUT2D eigenvalue weighted by molar-refractivity contribution is 9.10. The van der Waals surface area contributed by atoms with Crippen molar-refractivity contribution in [2.75, 3.05) is 0 Å². The summed E-state index contributed by atoms with van der Waals surface area (Å²) in [7, 11) is 0. The van der Waals surface area contributed by atoms with Crippen molar-refractivity contribution in [1.82, 2.24) is 0 Å². The zero-order chi connectivity index (χ0) is 12.9. The molecule has 0 unspecified atom stereocenters. The number of rotatable bonds is 0. The molecule has 4 nitrogen and oxygen atoms in total. The molecule has 0 saturated heterocycles. The van der Waals surface area contributed by atoms with E-state index in [1.165, 1.54) is 6.07 Å². The highest BCUT2D eigenvalue weighted by atomic mass is 79.9. The van der Waals surface area contributed by atoms with Gasteiger partial charge in [-0.1, -0.05) is 0 Å². The molecule has 18 heavy (non-hydrogen) atoms. The Hall–Kier alpha value is -1.62. The van der Waals surface area contributed by atoms with E-state index in [0.717, 1.165) is 16.5 Å². The minimum Gasteiger partial charge on any atom is -0.425 e. The lowest BCUT2D eigenvalue weighted by atomic mass is 10.0. The molecule has 0 atom stereocenters. The van der Waals surface area contributed by atoms with E-state index in [-0.39, 0.29) is 5.97 Å².